The van der Waals surface area contributed by atoms with Crippen LogP contribution in [-0.4, -0.2) is 5.11 Å². The van der Waals surface area contributed by atoms with Crippen molar-refractivity contribution >= 4 is 11.6 Å². The molecular weight excluding hydrogens is 215 g/mol. The molecule has 0 aliphatic rings. The van der Waals surface area contributed by atoms with Crippen molar-refractivity contribution in [2.24, 2.45) is 0 Å². The monoisotopic (exact) mass is 222 g/mol. The highest BCUT2D eigenvalue weighted by molar-refractivity contribution is 6.30. The van der Waals surface area contributed by atoms with Crippen LogP contribution in [0.3, 0.4) is 0 Å². The normalized spacial score (nSPS) is 10.3. The molecule has 0 amide bonds. The van der Waals surface area contributed by atoms with E-state index in [1.54, 1.807) is 24.3 Å². The molecule has 2 aromatic rings. The number of hydrogen-bond acceptors (Lipinski definition) is 1. The van der Waals surface area contributed by atoms with E-state index in [4.69, 9.17) is 16.7 Å². The second-order valence-corrected chi connectivity index (χ2v) is 3.61. The summed E-state index contributed by atoms with van der Waals surface area (Å²) in [6.45, 7) is 0. The van der Waals surface area contributed by atoms with Crippen molar-refractivity contribution in [3.8, 4) is 16.9 Å². The number of phenolic OH excluding ortho intramolecular Hbond substituents is 1. The van der Waals surface area contributed by atoms with E-state index in [1.807, 2.05) is 0 Å². The van der Waals surface area contributed by atoms with Crippen molar-refractivity contribution < 1.29 is 9.50 Å². The lowest BCUT2D eigenvalue weighted by Crippen LogP contribution is -1.83. The van der Waals surface area contributed by atoms with Crippen LogP contribution in [0.5, 0.6) is 5.75 Å². The summed E-state index contributed by atoms with van der Waals surface area (Å²) in [4.78, 5) is 0. The van der Waals surface area contributed by atoms with Crippen molar-refractivity contribution in [3.63, 3.8) is 0 Å². The molecule has 76 valence electrons. The van der Waals surface area contributed by atoms with Gasteiger partial charge in [-0.1, -0.05) is 23.7 Å². The molecule has 1 N–H and O–H groups in total. The van der Waals surface area contributed by atoms with Gasteiger partial charge in [-0.2, -0.15) is 0 Å². The van der Waals surface area contributed by atoms with Crippen LogP contribution in [0.2, 0.25) is 5.02 Å². The number of aromatic hydroxyl groups is 1. The van der Waals surface area contributed by atoms with Crippen LogP contribution in [-0.2, 0) is 0 Å². The minimum absolute atomic E-state index is 0.0849. The Hall–Kier alpha value is -1.54. The summed E-state index contributed by atoms with van der Waals surface area (Å²) in [5, 5.41) is 9.63. The quantitative estimate of drug-likeness (QED) is 0.777. The van der Waals surface area contributed by atoms with Crippen molar-refractivity contribution in [2.75, 3.05) is 0 Å². The summed E-state index contributed by atoms with van der Waals surface area (Å²) in [6.07, 6.45) is 0. The molecular formula is C12H8ClFO. The van der Waals surface area contributed by atoms with Gasteiger partial charge in [0, 0.05) is 16.7 Å². The predicted molar refractivity (Wildman–Crippen MR) is 58.5 cm³/mol. The van der Waals surface area contributed by atoms with Gasteiger partial charge in [0.25, 0.3) is 0 Å². The molecule has 0 fully saturated rings. The molecule has 2 rings (SSSR count). The first-order chi connectivity index (χ1) is 7.16. The average molecular weight is 223 g/mol. The minimum Gasteiger partial charge on any atom is -0.508 e. The fourth-order valence-electron chi connectivity index (χ4n) is 1.39. The Balaban J connectivity index is 2.54. The van der Waals surface area contributed by atoms with Gasteiger partial charge in [-0.15, -0.1) is 0 Å². The predicted octanol–water partition coefficient (Wildman–Crippen LogP) is 3.85. The zero-order chi connectivity index (χ0) is 10.8. The topological polar surface area (TPSA) is 20.2 Å². The van der Waals surface area contributed by atoms with Crippen molar-refractivity contribution in [1.82, 2.24) is 0 Å². The van der Waals surface area contributed by atoms with Crippen molar-refractivity contribution in [1.29, 1.82) is 0 Å². The van der Waals surface area contributed by atoms with E-state index in [2.05, 4.69) is 0 Å². The molecule has 0 aromatic heterocycles. The molecule has 3 heteroatoms. The van der Waals surface area contributed by atoms with E-state index in [0.717, 1.165) is 6.07 Å². The first-order valence-corrected chi connectivity index (χ1v) is 4.79. The Morgan fingerprint density at radius 1 is 1.07 bits per heavy atom. The maximum absolute atomic E-state index is 13.5. The summed E-state index contributed by atoms with van der Waals surface area (Å²) in [6, 6.07) is 11.0. The third kappa shape index (κ3) is 2.10. The summed E-state index contributed by atoms with van der Waals surface area (Å²) in [5.74, 6) is -0.546. The fourth-order valence-corrected chi connectivity index (χ4v) is 1.58. The Bertz CT molecular complexity index is 497. The molecule has 0 radical (unpaired) electrons. The molecule has 0 atom stereocenters. The van der Waals surface area contributed by atoms with Crippen LogP contribution in [0, 0.1) is 5.82 Å². The number of benzene rings is 2. The zero-order valence-electron chi connectivity index (χ0n) is 7.74. The Morgan fingerprint density at radius 3 is 2.53 bits per heavy atom. The van der Waals surface area contributed by atoms with Crippen LogP contribution >= 0.6 is 11.6 Å². The summed E-state index contributed by atoms with van der Waals surface area (Å²) >= 11 is 5.81. The van der Waals surface area contributed by atoms with Gasteiger partial charge >= 0.3 is 0 Å². The molecule has 0 spiro atoms. The molecule has 2 aromatic carbocycles. The maximum atomic E-state index is 13.5. The summed E-state index contributed by atoms with van der Waals surface area (Å²) < 4.78 is 13.5. The van der Waals surface area contributed by atoms with E-state index < -0.39 is 5.82 Å². The Kier molecular flexibility index (Phi) is 2.60. The van der Waals surface area contributed by atoms with Crippen LogP contribution in [0.4, 0.5) is 4.39 Å². The van der Waals surface area contributed by atoms with Gasteiger partial charge in [0.15, 0.2) is 0 Å². The lowest BCUT2D eigenvalue weighted by atomic mass is 10.1. The molecule has 0 saturated carbocycles. The summed E-state index contributed by atoms with van der Waals surface area (Å²) in [7, 11) is 0. The fraction of sp³-hybridized carbons (Fsp3) is 0. The minimum atomic E-state index is -0.461. The van der Waals surface area contributed by atoms with Crippen molar-refractivity contribution in [3.05, 3.63) is 53.3 Å². The largest absolute Gasteiger partial charge is 0.508 e. The number of rotatable bonds is 1. The number of hydrogen-bond donors (Lipinski definition) is 1. The average Bonchev–Trinajstić information content (AvgIpc) is 2.17. The summed E-state index contributed by atoms with van der Waals surface area (Å²) in [5.41, 5.74) is 1.12. The van der Waals surface area contributed by atoms with Gasteiger partial charge in [-0.25, -0.2) is 4.39 Å². The molecule has 0 heterocycles. The smallest absolute Gasteiger partial charge is 0.134 e. The molecule has 0 aliphatic carbocycles. The van der Waals surface area contributed by atoms with Crippen molar-refractivity contribution in [2.45, 2.75) is 0 Å². The van der Waals surface area contributed by atoms with Gasteiger partial charge in [0.2, 0.25) is 0 Å². The number of halogens is 2. The van der Waals surface area contributed by atoms with Crippen LogP contribution in [0.15, 0.2) is 42.5 Å². The third-order valence-electron chi connectivity index (χ3n) is 2.09. The number of phenols is 1. The van der Waals surface area contributed by atoms with Gasteiger partial charge in [0.1, 0.15) is 11.6 Å². The standard InChI is InChI=1S/C12H8ClFO/c13-9-3-1-2-8(6-9)11-5-4-10(15)7-12(11)14/h1-7,15H. The first kappa shape index (κ1) is 9.99. The highest BCUT2D eigenvalue weighted by Gasteiger charge is 2.05. The zero-order valence-corrected chi connectivity index (χ0v) is 8.50. The maximum Gasteiger partial charge on any atom is 0.134 e. The lowest BCUT2D eigenvalue weighted by molar-refractivity contribution is 0.469. The molecule has 0 aliphatic heterocycles. The second-order valence-electron chi connectivity index (χ2n) is 3.17. The molecule has 0 bridgehead atoms. The van der Waals surface area contributed by atoms with E-state index in [9.17, 15) is 4.39 Å². The van der Waals surface area contributed by atoms with Crippen LogP contribution in [0.1, 0.15) is 0 Å². The van der Waals surface area contributed by atoms with Gasteiger partial charge in [-0.05, 0) is 29.8 Å². The highest BCUT2D eigenvalue weighted by atomic mass is 35.5. The van der Waals surface area contributed by atoms with E-state index in [0.29, 0.717) is 16.1 Å². The SMILES string of the molecule is Oc1ccc(-c2cccc(Cl)c2)c(F)c1. The Morgan fingerprint density at radius 2 is 1.87 bits per heavy atom. The first-order valence-electron chi connectivity index (χ1n) is 4.41. The Labute approximate surface area is 91.8 Å². The highest BCUT2D eigenvalue weighted by Crippen LogP contribution is 2.27. The molecule has 0 saturated heterocycles. The van der Waals surface area contributed by atoms with E-state index in [-0.39, 0.29) is 5.75 Å². The van der Waals surface area contributed by atoms with E-state index in [1.165, 1.54) is 12.1 Å². The molecule has 1 nitrogen and oxygen atoms in total. The van der Waals surface area contributed by atoms with Gasteiger partial charge in [-0.3, -0.25) is 0 Å². The van der Waals surface area contributed by atoms with Gasteiger partial charge < -0.3 is 5.11 Å². The molecule has 0 unspecified atom stereocenters. The second kappa shape index (κ2) is 3.91. The van der Waals surface area contributed by atoms with E-state index >= 15 is 0 Å². The lowest BCUT2D eigenvalue weighted by Gasteiger charge is -2.04. The van der Waals surface area contributed by atoms with Crippen LogP contribution in [0.25, 0.3) is 11.1 Å². The molecule has 15 heavy (non-hydrogen) atoms. The van der Waals surface area contributed by atoms with Crippen LogP contribution < -0.4 is 0 Å². The third-order valence-corrected chi connectivity index (χ3v) is 2.32. The van der Waals surface area contributed by atoms with Gasteiger partial charge in [0.05, 0.1) is 0 Å².